The zero-order valence-corrected chi connectivity index (χ0v) is 50.5. The van der Waals surface area contributed by atoms with Gasteiger partial charge in [-0.1, -0.05) is 38.1 Å². The van der Waals surface area contributed by atoms with E-state index in [9.17, 15) is 19.2 Å². The number of carbonyl (C=O) groups is 6. The molecule has 2 aromatic carbocycles. The second-order valence-electron chi connectivity index (χ2n) is 23.4. The Morgan fingerprint density at radius 1 is 0.585 bits per heavy atom. The van der Waals surface area contributed by atoms with Gasteiger partial charge in [0.1, 0.15) is 69.8 Å². The van der Waals surface area contributed by atoms with Crippen LogP contribution in [0.2, 0.25) is 0 Å². The maximum Gasteiger partial charge on any atom is 0.407 e. The molecule has 82 heavy (non-hydrogen) atoms. The van der Waals surface area contributed by atoms with Crippen LogP contribution in [0.25, 0.3) is 0 Å². The molecule has 0 unspecified atom stereocenters. The molecule has 3 heterocycles. The first kappa shape index (κ1) is 65.2. The van der Waals surface area contributed by atoms with Crippen molar-refractivity contribution in [3.63, 3.8) is 0 Å². The highest BCUT2D eigenvalue weighted by atomic mass is 16.6. The molecule has 1 aliphatic rings. The highest BCUT2D eigenvalue weighted by molar-refractivity contribution is 5.90. The van der Waals surface area contributed by atoms with Crippen molar-refractivity contribution in [1.82, 2.24) is 61.1 Å². The van der Waals surface area contributed by atoms with Gasteiger partial charge < -0.3 is 59.5 Å². The van der Waals surface area contributed by atoms with Gasteiger partial charge in [-0.3, -0.25) is 19.2 Å². The Bertz CT molecular complexity index is 2570. The van der Waals surface area contributed by atoms with Crippen molar-refractivity contribution >= 4 is 35.8 Å². The van der Waals surface area contributed by atoms with Gasteiger partial charge in [-0.2, -0.15) is 0 Å². The minimum atomic E-state index is -1.10. The van der Waals surface area contributed by atoms with Crippen LogP contribution in [0.1, 0.15) is 155 Å². The Labute approximate surface area is 482 Å². The van der Waals surface area contributed by atoms with Crippen molar-refractivity contribution in [3.05, 3.63) is 71.3 Å². The van der Waals surface area contributed by atoms with E-state index in [1.165, 1.54) is 23.6 Å². The van der Waals surface area contributed by atoms with Crippen LogP contribution in [0, 0.1) is 11.8 Å². The van der Waals surface area contributed by atoms with Crippen LogP contribution >= 0.6 is 0 Å². The van der Waals surface area contributed by atoms with Crippen molar-refractivity contribution in [2.45, 2.75) is 182 Å². The number of nitrogens with one attached hydrogen (secondary N) is 4. The van der Waals surface area contributed by atoms with E-state index in [0.29, 0.717) is 84.0 Å². The average Bonchev–Trinajstić information content (AvgIpc) is 4.10. The maximum atomic E-state index is 15.4. The van der Waals surface area contributed by atoms with Gasteiger partial charge in [0.15, 0.2) is 0 Å². The molecule has 0 saturated heterocycles. The van der Waals surface area contributed by atoms with Gasteiger partial charge in [0.25, 0.3) is 0 Å². The minimum absolute atomic E-state index is 0.000809. The monoisotopic (exact) mass is 1140 g/mol. The number of hydrogen-bond acceptors (Lipinski definition) is 16. The Morgan fingerprint density at radius 2 is 0.963 bits per heavy atom. The molecular weight excluding hydrogens is 1060 g/mol. The standard InChI is InChI=1S/C58H88N12O12/c1-37(2)27-47-51(71)61-45(19-15-17-25-59-55(75)81-57(5,6)7)53(73)68(32-40-22-24-44(78-12)30-50(40)80-14)34-42-36-70(66-64-42)48(28-38(3)4)52(72)62-46(20-16-18-26-60-56(76)82-58(8,9)10)54(74)67(33-41-35-69(47)65-63-41)31-39-21-23-43(77-11)29-49(39)79-13/h21-24,29-30,35-38,45-48H,15-20,25-28,31-34H2,1-14H3,(H,59,75)(H,60,76)(H,61,71)(H,62,72)/t45-,46-,47+,48+/m0/s1. The molecule has 5 rings (SSSR count). The van der Waals surface area contributed by atoms with Gasteiger partial charge in [0, 0.05) is 49.4 Å². The van der Waals surface area contributed by atoms with Crippen LogP contribution < -0.4 is 40.2 Å². The lowest BCUT2D eigenvalue weighted by molar-refractivity contribution is -0.138. The summed E-state index contributed by atoms with van der Waals surface area (Å²) in [5.74, 6) is 0.0452. The van der Waals surface area contributed by atoms with E-state index < -0.39 is 71.2 Å². The molecule has 0 aliphatic carbocycles. The first-order valence-corrected chi connectivity index (χ1v) is 28.1. The summed E-state index contributed by atoms with van der Waals surface area (Å²) >= 11 is 0. The van der Waals surface area contributed by atoms with E-state index in [1.807, 2.05) is 27.7 Å². The SMILES string of the molecule is COc1ccc(CN2Cc3cn(nn3)[C@H](CC(C)C)C(=O)N[C@@H](CCCCNC(=O)OC(C)(C)C)C(=O)N(Cc3ccc(OC)cc3OC)Cc3cn(nn3)[C@H](CC(C)C)C(=O)N[C@@H](CCCCNC(=O)OC(C)(C)C)C2=O)c(OC)c1. The lowest BCUT2D eigenvalue weighted by Crippen LogP contribution is -2.50. The molecule has 24 nitrogen and oxygen atoms in total. The number of carbonyl (C=O) groups excluding carboxylic acids is 6. The number of rotatable bonds is 22. The highest BCUT2D eigenvalue weighted by Crippen LogP contribution is 2.30. The quantitative estimate of drug-likeness (QED) is 0.0566. The van der Waals surface area contributed by atoms with Crippen LogP contribution in [-0.4, -0.2) is 140 Å². The van der Waals surface area contributed by atoms with Gasteiger partial charge in [0.05, 0.1) is 53.9 Å². The molecule has 452 valence electrons. The first-order chi connectivity index (χ1) is 38.8. The van der Waals surface area contributed by atoms with Crippen LogP contribution in [0.5, 0.6) is 23.0 Å². The second kappa shape index (κ2) is 30.4. The minimum Gasteiger partial charge on any atom is -0.497 e. The number of unbranched alkanes of at least 4 members (excludes halogenated alkanes) is 2. The summed E-state index contributed by atoms with van der Waals surface area (Å²) < 4.78 is 36.3. The first-order valence-electron chi connectivity index (χ1n) is 28.1. The molecule has 4 aromatic rings. The predicted octanol–water partition coefficient (Wildman–Crippen LogP) is 7.21. The van der Waals surface area contributed by atoms with Crippen LogP contribution in [0.3, 0.4) is 0 Å². The van der Waals surface area contributed by atoms with E-state index in [0.717, 1.165) is 0 Å². The summed E-state index contributed by atoms with van der Waals surface area (Å²) in [5, 5.41) is 29.8. The van der Waals surface area contributed by atoms with E-state index in [4.69, 9.17) is 28.4 Å². The molecule has 0 spiro atoms. The largest absolute Gasteiger partial charge is 0.497 e. The van der Waals surface area contributed by atoms with Gasteiger partial charge in [-0.25, -0.2) is 19.0 Å². The fraction of sp³-hybridized carbons (Fsp3) is 0.621. The normalized spacial score (nSPS) is 17.7. The Balaban J connectivity index is 1.64. The lowest BCUT2D eigenvalue weighted by Gasteiger charge is -2.30. The Hall–Kier alpha value is -7.66. The fourth-order valence-electron chi connectivity index (χ4n) is 9.28. The smallest absolute Gasteiger partial charge is 0.407 e. The van der Waals surface area contributed by atoms with Crippen molar-refractivity contribution < 1.29 is 57.2 Å². The van der Waals surface area contributed by atoms with Crippen molar-refractivity contribution in [1.29, 1.82) is 0 Å². The highest BCUT2D eigenvalue weighted by Gasteiger charge is 2.35. The molecule has 24 heteroatoms. The summed E-state index contributed by atoms with van der Waals surface area (Å²) in [6.45, 7) is 18.8. The molecule has 4 N–H and O–H groups in total. The lowest BCUT2D eigenvalue weighted by atomic mass is 10.0. The van der Waals surface area contributed by atoms with E-state index in [-0.39, 0.29) is 63.9 Å². The van der Waals surface area contributed by atoms with Crippen LogP contribution in [0.15, 0.2) is 48.8 Å². The second-order valence-corrected chi connectivity index (χ2v) is 23.4. The van der Waals surface area contributed by atoms with E-state index >= 15 is 9.59 Å². The summed E-state index contributed by atoms with van der Waals surface area (Å²) in [4.78, 5) is 89.1. The molecule has 1 aliphatic heterocycles. The number of methoxy groups -OCH3 is 4. The summed E-state index contributed by atoms with van der Waals surface area (Å²) in [5.41, 5.74) is 0.538. The number of ether oxygens (including phenoxy) is 6. The van der Waals surface area contributed by atoms with Crippen molar-refractivity contribution in [2.24, 2.45) is 11.8 Å². The zero-order chi connectivity index (χ0) is 60.3. The Morgan fingerprint density at radius 3 is 1.29 bits per heavy atom. The number of amides is 6. The zero-order valence-electron chi connectivity index (χ0n) is 50.5. The van der Waals surface area contributed by atoms with Gasteiger partial charge in [-0.05, 0) is 129 Å². The number of nitrogens with zero attached hydrogens (tertiary/aromatic N) is 8. The molecule has 0 radical (unpaired) electrons. The molecule has 2 aromatic heterocycles. The van der Waals surface area contributed by atoms with Crippen LogP contribution in [0.4, 0.5) is 9.59 Å². The Kier molecular flexibility index (Phi) is 24.2. The number of aromatic nitrogens is 6. The van der Waals surface area contributed by atoms with E-state index in [1.54, 1.807) is 114 Å². The fourth-order valence-corrected chi connectivity index (χ4v) is 9.28. The molecule has 0 fully saturated rings. The molecule has 4 bridgehead atoms. The van der Waals surface area contributed by atoms with Gasteiger partial charge in [0.2, 0.25) is 23.6 Å². The summed E-state index contributed by atoms with van der Waals surface area (Å²) in [6.07, 6.45) is 4.74. The third kappa shape index (κ3) is 20.4. The average molecular weight is 1150 g/mol. The van der Waals surface area contributed by atoms with Crippen LogP contribution in [-0.2, 0) is 54.8 Å². The van der Waals surface area contributed by atoms with Crippen molar-refractivity contribution in [3.8, 4) is 23.0 Å². The summed E-state index contributed by atoms with van der Waals surface area (Å²) in [7, 11) is 6.12. The summed E-state index contributed by atoms with van der Waals surface area (Å²) in [6, 6.07) is 6.40. The topological polar surface area (TPSA) is 274 Å². The third-order valence-electron chi connectivity index (χ3n) is 13.2. The number of fused-ring (bicyclic) bond motifs is 4. The molecule has 4 atom stereocenters. The van der Waals surface area contributed by atoms with Crippen molar-refractivity contribution in [2.75, 3.05) is 41.5 Å². The maximum absolute atomic E-state index is 15.4. The number of alkyl carbamates (subject to hydrolysis) is 2. The van der Waals surface area contributed by atoms with Gasteiger partial charge >= 0.3 is 12.2 Å². The van der Waals surface area contributed by atoms with E-state index in [2.05, 4.69) is 41.9 Å². The molecule has 0 saturated carbocycles. The number of hydrogen-bond donors (Lipinski definition) is 4. The number of benzene rings is 2. The molecular formula is C58H88N12O12. The molecule has 6 amide bonds. The predicted molar refractivity (Wildman–Crippen MR) is 305 cm³/mol. The van der Waals surface area contributed by atoms with Gasteiger partial charge in [-0.15, -0.1) is 10.2 Å². The third-order valence-corrected chi connectivity index (χ3v) is 13.2.